The lowest BCUT2D eigenvalue weighted by Gasteiger charge is -2.70. The van der Waals surface area contributed by atoms with E-state index in [1.54, 1.807) is 5.56 Å². The highest BCUT2D eigenvalue weighted by atomic mass is 15.3. The Morgan fingerprint density at radius 3 is 1.93 bits per heavy atom. The predicted molar refractivity (Wildman–Crippen MR) is 184 cm³/mol. The Bertz CT molecular complexity index is 1100. The molecule has 0 spiro atoms. The lowest BCUT2D eigenvalue weighted by atomic mass is 9.35. The molecule has 4 unspecified atom stereocenters. The van der Waals surface area contributed by atoms with Crippen molar-refractivity contribution in [1.82, 2.24) is 14.7 Å². The summed E-state index contributed by atoms with van der Waals surface area (Å²) >= 11 is 0. The summed E-state index contributed by atoms with van der Waals surface area (Å²) < 4.78 is 0. The first-order valence-electron chi connectivity index (χ1n) is 18.4. The molecule has 1 aromatic carbocycles. The molecule has 6 rings (SSSR count). The van der Waals surface area contributed by atoms with Crippen LogP contribution < -0.4 is 0 Å². The monoisotopic (exact) mass is 590 g/mol. The van der Waals surface area contributed by atoms with Crippen LogP contribution in [0.15, 0.2) is 24.3 Å². The Kier molecular flexibility index (Phi) is 8.74. The van der Waals surface area contributed by atoms with Crippen LogP contribution >= 0.6 is 0 Å². The van der Waals surface area contributed by atoms with E-state index in [-0.39, 0.29) is 0 Å². The van der Waals surface area contributed by atoms with E-state index in [0.717, 1.165) is 29.6 Å². The Morgan fingerprint density at radius 2 is 1.28 bits per heavy atom. The van der Waals surface area contributed by atoms with Crippen molar-refractivity contribution in [3.05, 3.63) is 35.4 Å². The van der Waals surface area contributed by atoms with Crippen LogP contribution in [0.3, 0.4) is 0 Å². The number of aryl methyl sites for hydroxylation is 1. The van der Waals surface area contributed by atoms with Gasteiger partial charge in [0.25, 0.3) is 0 Å². The van der Waals surface area contributed by atoms with Crippen LogP contribution in [0, 0.1) is 52.8 Å². The van der Waals surface area contributed by atoms with Gasteiger partial charge in [-0.2, -0.15) is 0 Å². The molecular formula is C40H67N3. The highest BCUT2D eigenvalue weighted by molar-refractivity contribution is 5.28. The second-order valence-electron chi connectivity index (χ2n) is 18.1. The van der Waals surface area contributed by atoms with E-state index in [2.05, 4.69) is 102 Å². The van der Waals surface area contributed by atoms with Crippen LogP contribution in [-0.4, -0.2) is 74.6 Å². The summed E-state index contributed by atoms with van der Waals surface area (Å²) in [7, 11) is 9.05. The van der Waals surface area contributed by atoms with Crippen LogP contribution in [0.4, 0.5) is 0 Å². The van der Waals surface area contributed by atoms with Gasteiger partial charge in [0, 0.05) is 31.7 Å². The minimum atomic E-state index is 0.368. The highest BCUT2D eigenvalue weighted by Crippen LogP contribution is 2.73. The lowest BCUT2D eigenvalue weighted by Crippen LogP contribution is -2.65. The molecule has 3 heteroatoms. The lowest BCUT2D eigenvalue weighted by molar-refractivity contribution is -0.201. The maximum absolute atomic E-state index is 3.03. The van der Waals surface area contributed by atoms with E-state index in [1.165, 1.54) is 102 Å². The molecule has 5 aliphatic rings. The first kappa shape index (κ1) is 32.1. The zero-order chi connectivity index (χ0) is 30.8. The summed E-state index contributed by atoms with van der Waals surface area (Å²) in [4.78, 5) is 7.85. The van der Waals surface area contributed by atoms with Gasteiger partial charge in [0.15, 0.2) is 0 Å². The van der Waals surface area contributed by atoms with E-state index in [4.69, 9.17) is 0 Å². The number of likely N-dealkylation sites (N-methyl/N-ethyl adjacent to an activating group) is 2. The van der Waals surface area contributed by atoms with Crippen LogP contribution in [-0.2, 0) is 0 Å². The zero-order valence-electron chi connectivity index (χ0n) is 29.7. The van der Waals surface area contributed by atoms with Gasteiger partial charge in [0.05, 0.1) is 0 Å². The van der Waals surface area contributed by atoms with Crippen LogP contribution in [0.2, 0.25) is 0 Å². The van der Waals surface area contributed by atoms with Gasteiger partial charge in [-0.15, -0.1) is 0 Å². The van der Waals surface area contributed by atoms with Crippen molar-refractivity contribution in [2.45, 2.75) is 117 Å². The van der Waals surface area contributed by atoms with Gasteiger partial charge >= 0.3 is 0 Å². The van der Waals surface area contributed by atoms with Crippen LogP contribution in [0.25, 0.3) is 0 Å². The molecule has 0 bridgehead atoms. The normalized spacial score (nSPS) is 42.0. The Hall–Kier alpha value is -0.900. The smallest absolute Gasteiger partial charge is 0.0241 e. The third kappa shape index (κ3) is 5.28. The van der Waals surface area contributed by atoms with Crippen molar-refractivity contribution in [3.63, 3.8) is 0 Å². The Balaban J connectivity index is 1.25. The molecule has 0 N–H and O–H groups in total. The Morgan fingerprint density at radius 1 is 0.628 bits per heavy atom. The predicted octanol–water partition coefficient (Wildman–Crippen LogP) is 8.72. The van der Waals surface area contributed by atoms with Gasteiger partial charge in [0.1, 0.15) is 0 Å². The minimum absolute atomic E-state index is 0.368. The fourth-order valence-corrected chi connectivity index (χ4v) is 13.3. The van der Waals surface area contributed by atoms with E-state index in [1.807, 2.05) is 0 Å². The van der Waals surface area contributed by atoms with Crippen molar-refractivity contribution < 1.29 is 0 Å². The third-order valence-corrected chi connectivity index (χ3v) is 15.2. The van der Waals surface area contributed by atoms with Crippen molar-refractivity contribution in [2.24, 2.45) is 45.8 Å². The molecule has 0 radical (unpaired) electrons. The van der Waals surface area contributed by atoms with Crippen molar-refractivity contribution in [3.8, 4) is 0 Å². The minimum Gasteiger partial charge on any atom is -0.308 e. The Labute approximate surface area is 266 Å². The van der Waals surface area contributed by atoms with Gasteiger partial charge in [-0.1, -0.05) is 63.9 Å². The summed E-state index contributed by atoms with van der Waals surface area (Å²) in [6, 6.07) is 9.62. The summed E-state index contributed by atoms with van der Waals surface area (Å²) in [5, 5.41) is 0. The summed E-state index contributed by atoms with van der Waals surface area (Å²) in [5.41, 5.74) is 4.86. The largest absolute Gasteiger partial charge is 0.308 e. The first-order valence-corrected chi connectivity index (χ1v) is 18.4. The van der Waals surface area contributed by atoms with Crippen LogP contribution in [0.1, 0.15) is 115 Å². The molecule has 0 aromatic heterocycles. The molecule has 43 heavy (non-hydrogen) atoms. The third-order valence-electron chi connectivity index (χ3n) is 15.2. The number of hydrogen-bond donors (Lipinski definition) is 0. The summed E-state index contributed by atoms with van der Waals surface area (Å²) in [6.45, 7) is 18.0. The van der Waals surface area contributed by atoms with Crippen molar-refractivity contribution >= 4 is 0 Å². The second-order valence-corrected chi connectivity index (χ2v) is 18.1. The fraction of sp³-hybridized carbons (Fsp3) is 0.850. The topological polar surface area (TPSA) is 9.72 Å². The molecular weight excluding hydrogens is 522 g/mol. The summed E-state index contributed by atoms with van der Waals surface area (Å²) in [5.74, 6) is 5.28. The number of nitrogens with zero attached hydrogens (tertiary/aromatic N) is 3. The summed E-state index contributed by atoms with van der Waals surface area (Å²) in [6.07, 6.45) is 16.1. The number of hydrogen-bond acceptors (Lipinski definition) is 3. The van der Waals surface area contributed by atoms with Gasteiger partial charge in [-0.3, -0.25) is 4.90 Å². The second kappa shape index (κ2) is 11.7. The maximum Gasteiger partial charge on any atom is 0.0241 e. The molecule has 242 valence electrons. The maximum atomic E-state index is 3.03. The molecule has 9 atom stereocenters. The van der Waals surface area contributed by atoms with E-state index in [0.29, 0.717) is 27.7 Å². The average molecular weight is 590 g/mol. The van der Waals surface area contributed by atoms with Gasteiger partial charge in [-0.25, -0.2) is 0 Å². The quantitative estimate of drug-likeness (QED) is 0.300. The molecule has 0 saturated heterocycles. The average Bonchev–Trinajstić information content (AvgIpc) is 3.38. The number of benzene rings is 1. The van der Waals surface area contributed by atoms with E-state index < -0.39 is 0 Å². The van der Waals surface area contributed by atoms with Gasteiger partial charge < -0.3 is 9.80 Å². The molecule has 5 aliphatic carbocycles. The van der Waals surface area contributed by atoms with E-state index in [9.17, 15) is 0 Å². The van der Waals surface area contributed by atoms with Crippen molar-refractivity contribution in [2.75, 3.05) is 54.4 Å². The first-order chi connectivity index (χ1) is 20.3. The van der Waals surface area contributed by atoms with Gasteiger partial charge in [0.2, 0.25) is 0 Å². The number of fused-ring (bicyclic) bond motifs is 7. The zero-order valence-corrected chi connectivity index (χ0v) is 29.7. The van der Waals surface area contributed by atoms with E-state index >= 15 is 0 Å². The molecule has 0 aliphatic heterocycles. The number of rotatable bonds is 8. The molecule has 3 nitrogen and oxygen atoms in total. The fourth-order valence-electron chi connectivity index (χ4n) is 13.3. The van der Waals surface area contributed by atoms with Gasteiger partial charge in [-0.05, 0) is 157 Å². The molecule has 5 saturated carbocycles. The molecule has 0 heterocycles. The SMILES string of the molecule is Cc1ccc([C@H]2CC[C@@]3(C)C(CC[C@@]4(C)C5CC[C@@]6(N(CCN(C)C)CCN(C)C)CCCC6[C@H]5CCC43)C2(C)C)cc1. The molecule has 1 aromatic rings. The van der Waals surface area contributed by atoms with Crippen LogP contribution in [0.5, 0.6) is 0 Å². The molecule has 0 amide bonds. The van der Waals surface area contributed by atoms with Crippen molar-refractivity contribution in [1.29, 1.82) is 0 Å². The highest BCUT2D eigenvalue weighted by Gasteiger charge is 2.66. The standard InChI is InChI=1S/C40H67N3/c1-29-12-14-30(15-13-29)32-18-22-39(5)35(37(32,2)3)20-23-38(4)33-19-24-40(43(27-25-41(6)7)28-26-42(8)9)21-10-11-34(40)31(33)16-17-36(38)39/h12-15,31-36H,10-11,16-28H2,1-9H3/t31-,32+,33?,34?,35?,36?,38-,39-,40-/m0/s1. The molecule has 5 fully saturated rings.